The Bertz CT molecular complexity index is 1100. The molecule has 1 amide bonds. The van der Waals surface area contributed by atoms with Crippen LogP contribution in [0.15, 0.2) is 54.7 Å². The van der Waals surface area contributed by atoms with E-state index in [2.05, 4.69) is 10.3 Å². The number of anilines is 1. The SMILES string of the molecule is CC(=O)c1ccc(NC(=O)[C@@H](C)OC(=O)/C=C/c2c(Cl)nc3ccccn23)cc1. The molecule has 0 aliphatic carbocycles. The molecule has 148 valence electrons. The van der Waals surface area contributed by atoms with Crippen molar-refractivity contribution in [1.82, 2.24) is 9.38 Å². The van der Waals surface area contributed by atoms with E-state index in [4.69, 9.17) is 16.3 Å². The molecule has 0 spiro atoms. The molecule has 0 bridgehead atoms. The molecule has 2 aromatic heterocycles. The highest BCUT2D eigenvalue weighted by Crippen LogP contribution is 2.19. The van der Waals surface area contributed by atoms with Crippen molar-refractivity contribution in [2.45, 2.75) is 20.0 Å². The number of hydrogen-bond donors (Lipinski definition) is 1. The lowest BCUT2D eigenvalue weighted by atomic mass is 10.1. The van der Waals surface area contributed by atoms with Crippen molar-refractivity contribution < 1.29 is 19.1 Å². The summed E-state index contributed by atoms with van der Waals surface area (Å²) >= 11 is 6.11. The molecule has 7 nitrogen and oxygen atoms in total. The number of ether oxygens (including phenoxy) is 1. The van der Waals surface area contributed by atoms with E-state index < -0.39 is 18.0 Å². The molecular weight excluding hydrogens is 394 g/mol. The van der Waals surface area contributed by atoms with E-state index in [-0.39, 0.29) is 10.9 Å². The van der Waals surface area contributed by atoms with Crippen LogP contribution in [-0.4, -0.2) is 33.1 Å². The van der Waals surface area contributed by atoms with E-state index in [1.165, 1.54) is 26.0 Å². The Hall–Kier alpha value is -3.45. The zero-order valence-corrected chi connectivity index (χ0v) is 16.5. The Balaban J connectivity index is 1.60. The summed E-state index contributed by atoms with van der Waals surface area (Å²) in [6.45, 7) is 2.93. The number of carbonyl (C=O) groups excluding carboxylic acids is 3. The first-order valence-corrected chi connectivity index (χ1v) is 9.16. The number of imidazole rings is 1. The fourth-order valence-electron chi connectivity index (χ4n) is 2.58. The van der Waals surface area contributed by atoms with E-state index >= 15 is 0 Å². The van der Waals surface area contributed by atoms with Crippen molar-refractivity contribution in [2.24, 2.45) is 0 Å². The van der Waals surface area contributed by atoms with Gasteiger partial charge in [-0.05, 0) is 56.3 Å². The predicted molar refractivity (Wildman–Crippen MR) is 110 cm³/mol. The summed E-state index contributed by atoms with van der Waals surface area (Å²) in [6.07, 6.45) is 3.42. The standard InChI is InChI=1S/C21H18ClN3O4/c1-13(26)15-6-8-16(9-7-15)23-21(28)14(2)29-19(27)11-10-17-20(22)24-18-5-3-4-12-25(17)18/h3-12,14H,1-2H3,(H,23,28)/b11-10+/t14-/m1/s1. The lowest BCUT2D eigenvalue weighted by Gasteiger charge is -2.12. The Morgan fingerprint density at radius 1 is 1.17 bits per heavy atom. The van der Waals surface area contributed by atoms with Crippen LogP contribution in [-0.2, 0) is 14.3 Å². The summed E-state index contributed by atoms with van der Waals surface area (Å²) in [6, 6.07) is 11.9. The topological polar surface area (TPSA) is 89.8 Å². The van der Waals surface area contributed by atoms with Gasteiger partial charge in [-0.2, -0.15) is 0 Å². The largest absolute Gasteiger partial charge is 0.449 e. The average molecular weight is 412 g/mol. The number of amides is 1. The van der Waals surface area contributed by atoms with Gasteiger partial charge in [0, 0.05) is 23.5 Å². The van der Waals surface area contributed by atoms with E-state index in [0.29, 0.717) is 22.6 Å². The molecule has 29 heavy (non-hydrogen) atoms. The van der Waals surface area contributed by atoms with Crippen LogP contribution >= 0.6 is 11.6 Å². The molecular formula is C21H18ClN3O4. The van der Waals surface area contributed by atoms with Crippen molar-refractivity contribution in [3.05, 3.63) is 71.1 Å². The number of aromatic nitrogens is 2. The number of Topliss-reactive ketones (excluding diaryl/α,β-unsaturated/α-hetero) is 1. The number of pyridine rings is 1. The van der Waals surface area contributed by atoms with Gasteiger partial charge in [-0.25, -0.2) is 9.78 Å². The van der Waals surface area contributed by atoms with Crippen LogP contribution in [0, 0.1) is 0 Å². The maximum absolute atomic E-state index is 12.2. The summed E-state index contributed by atoms with van der Waals surface area (Å²) in [7, 11) is 0. The summed E-state index contributed by atoms with van der Waals surface area (Å²) in [5.74, 6) is -1.25. The Morgan fingerprint density at radius 3 is 2.59 bits per heavy atom. The number of halogens is 1. The first-order chi connectivity index (χ1) is 13.8. The fraction of sp³-hybridized carbons (Fsp3) is 0.143. The molecule has 0 saturated carbocycles. The molecule has 3 aromatic rings. The van der Waals surface area contributed by atoms with E-state index in [9.17, 15) is 14.4 Å². The number of hydrogen-bond acceptors (Lipinski definition) is 5. The van der Waals surface area contributed by atoms with Crippen molar-refractivity contribution in [1.29, 1.82) is 0 Å². The van der Waals surface area contributed by atoms with Crippen LogP contribution in [0.4, 0.5) is 5.69 Å². The minimum atomic E-state index is -1.02. The van der Waals surface area contributed by atoms with Gasteiger partial charge in [-0.3, -0.25) is 14.0 Å². The zero-order chi connectivity index (χ0) is 21.0. The van der Waals surface area contributed by atoms with Crippen LogP contribution in [0.1, 0.15) is 29.9 Å². The van der Waals surface area contributed by atoms with Gasteiger partial charge in [0.2, 0.25) is 0 Å². The number of nitrogens with zero attached hydrogens (tertiary/aromatic N) is 2. The maximum atomic E-state index is 12.2. The summed E-state index contributed by atoms with van der Waals surface area (Å²) in [5, 5.41) is 2.88. The first kappa shape index (κ1) is 20.3. The first-order valence-electron chi connectivity index (χ1n) is 8.78. The molecule has 0 aliphatic rings. The Labute approximate surface area is 172 Å². The summed E-state index contributed by atoms with van der Waals surface area (Å²) < 4.78 is 6.86. The third-order valence-electron chi connectivity index (χ3n) is 4.12. The molecule has 0 fully saturated rings. The van der Waals surface area contributed by atoms with Gasteiger partial charge in [-0.1, -0.05) is 17.7 Å². The zero-order valence-electron chi connectivity index (χ0n) is 15.8. The number of rotatable bonds is 6. The smallest absolute Gasteiger partial charge is 0.331 e. The number of benzene rings is 1. The number of carbonyl (C=O) groups is 3. The van der Waals surface area contributed by atoms with Crippen LogP contribution in [0.2, 0.25) is 5.15 Å². The second kappa shape index (κ2) is 8.70. The van der Waals surface area contributed by atoms with Crippen LogP contribution < -0.4 is 5.32 Å². The molecule has 0 aliphatic heterocycles. The van der Waals surface area contributed by atoms with Gasteiger partial charge >= 0.3 is 5.97 Å². The molecule has 8 heteroatoms. The summed E-state index contributed by atoms with van der Waals surface area (Å²) in [4.78, 5) is 39.8. The van der Waals surface area contributed by atoms with Crippen molar-refractivity contribution in [3.63, 3.8) is 0 Å². The predicted octanol–water partition coefficient (Wildman–Crippen LogP) is 3.77. The van der Waals surface area contributed by atoms with Crippen LogP contribution in [0.25, 0.3) is 11.7 Å². The fourth-order valence-corrected chi connectivity index (χ4v) is 2.82. The molecule has 0 saturated heterocycles. The summed E-state index contributed by atoms with van der Waals surface area (Å²) in [5.41, 5.74) is 2.21. The maximum Gasteiger partial charge on any atom is 0.331 e. The van der Waals surface area contributed by atoms with Gasteiger partial charge in [0.25, 0.3) is 5.91 Å². The second-order valence-corrected chi connectivity index (χ2v) is 6.61. The van der Waals surface area contributed by atoms with Crippen molar-refractivity contribution in [2.75, 3.05) is 5.32 Å². The Kier molecular flexibility index (Phi) is 6.09. The third kappa shape index (κ3) is 4.89. The lowest BCUT2D eigenvalue weighted by molar-refractivity contribution is -0.148. The molecule has 0 radical (unpaired) electrons. The van der Waals surface area contributed by atoms with Gasteiger partial charge in [0.1, 0.15) is 5.65 Å². The normalized spacial score (nSPS) is 12.1. The van der Waals surface area contributed by atoms with Gasteiger partial charge < -0.3 is 10.1 Å². The highest BCUT2D eigenvalue weighted by atomic mass is 35.5. The van der Waals surface area contributed by atoms with Gasteiger partial charge in [-0.15, -0.1) is 0 Å². The number of nitrogens with one attached hydrogen (secondary N) is 1. The minimum absolute atomic E-state index is 0.0666. The highest BCUT2D eigenvalue weighted by molar-refractivity contribution is 6.31. The Morgan fingerprint density at radius 2 is 1.90 bits per heavy atom. The molecule has 2 heterocycles. The quantitative estimate of drug-likeness (QED) is 0.379. The molecule has 1 N–H and O–H groups in total. The molecule has 3 rings (SSSR count). The van der Waals surface area contributed by atoms with E-state index in [1.54, 1.807) is 40.9 Å². The molecule has 1 atom stereocenters. The van der Waals surface area contributed by atoms with Gasteiger partial charge in [0.05, 0.1) is 5.69 Å². The monoisotopic (exact) mass is 411 g/mol. The number of fused-ring (bicyclic) bond motifs is 1. The second-order valence-electron chi connectivity index (χ2n) is 6.25. The van der Waals surface area contributed by atoms with Crippen molar-refractivity contribution >= 4 is 46.7 Å². The number of ketones is 1. The highest BCUT2D eigenvalue weighted by Gasteiger charge is 2.17. The molecule has 1 aromatic carbocycles. The third-order valence-corrected chi connectivity index (χ3v) is 4.40. The average Bonchev–Trinajstić information content (AvgIpc) is 3.01. The van der Waals surface area contributed by atoms with Crippen LogP contribution in [0.5, 0.6) is 0 Å². The van der Waals surface area contributed by atoms with Crippen molar-refractivity contribution in [3.8, 4) is 0 Å². The van der Waals surface area contributed by atoms with Crippen LogP contribution in [0.3, 0.4) is 0 Å². The lowest BCUT2D eigenvalue weighted by Crippen LogP contribution is -2.29. The number of esters is 1. The van der Waals surface area contributed by atoms with E-state index in [0.717, 1.165) is 0 Å². The van der Waals surface area contributed by atoms with Gasteiger partial charge in [0.15, 0.2) is 17.0 Å². The van der Waals surface area contributed by atoms with E-state index in [1.807, 2.05) is 12.1 Å². The molecule has 0 unspecified atom stereocenters. The minimum Gasteiger partial charge on any atom is -0.449 e.